The lowest BCUT2D eigenvalue weighted by atomic mass is 9.83. The second-order valence-corrected chi connectivity index (χ2v) is 12.8. The predicted octanol–water partition coefficient (Wildman–Crippen LogP) is 2.70. The van der Waals surface area contributed by atoms with Crippen LogP contribution in [0.25, 0.3) is 0 Å². The number of benzene rings is 1. The van der Waals surface area contributed by atoms with E-state index in [1.807, 2.05) is 33.3 Å². The number of fused-ring (bicyclic) bond motifs is 1. The van der Waals surface area contributed by atoms with Gasteiger partial charge in [-0.05, 0) is 32.4 Å². The van der Waals surface area contributed by atoms with Gasteiger partial charge < -0.3 is 10.2 Å². The van der Waals surface area contributed by atoms with Gasteiger partial charge in [0.1, 0.15) is 12.0 Å². The molecule has 0 spiro atoms. The quantitative estimate of drug-likeness (QED) is 0.405. The van der Waals surface area contributed by atoms with Gasteiger partial charge in [0.2, 0.25) is 5.95 Å². The predicted molar refractivity (Wildman–Crippen MR) is 156 cm³/mol. The largest absolute Gasteiger partial charge is 0.352 e. The molecule has 3 fully saturated rings. The van der Waals surface area contributed by atoms with Gasteiger partial charge in [-0.25, -0.2) is 9.37 Å². The van der Waals surface area contributed by atoms with Crippen molar-refractivity contribution in [2.75, 3.05) is 49.5 Å². The van der Waals surface area contributed by atoms with Crippen LogP contribution in [0, 0.1) is 25.2 Å². The van der Waals surface area contributed by atoms with Gasteiger partial charge in [-0.3, -0.25) is 19.0 Å². The number of nitriles is 1. The molecule has 42 heavy (non-hydrogen) atoms. The SMILES string of the molecule is Cc1ccc(S(=O)(=O)O)cc1.Cc1cnc(Nc2cnn(C)c2)nc1N1CC(CC#N)(N2CCN3C[C@H](F)C[C@H]3C2)C1. The van der Waals surface area contributed by atoms with Gasteiger partial charge in [-0.1, -0.05) is 17.7 Å². The summed E-state index contributed by atoms with van der Waals surface area (Å²) in [6, 6.07) is 8.65. The van der Waals surface area contributed by atoms with Crippen LogP contribution in [0.2, 0.25) is 0 Å². The third-order valence-corrected chi connectivity index (χ3v) is 9.01. The molecule has 0 amide bonds. The topological polar surface area (TPSA) is 144 Å². The van der Waals surface area contributed by atoms with Crippen molar-refractivity contribution in [2.45, 2.75) is 49.3 Å². The molecule has 0 saturated carbocycles. The molecule has 14 heteroatoms. The molecule has 12 nitrogen and oxygen atoms in total. The lowest BCUT2D eigenvalue weighted by Gasteiger charge is -2.58. The van der Waals surface area contributed by atoms with Crippen molar-refractivity contribution in [3.05, 3.63) is 54.0 Å². The van der Waals surface area contributed by atoms with Crippen molar-refractivity contribution in [1.29, 1.82) is 5.26 Å². The third-order valence-electron chi connectivity index (χ3n) is 8.14. The fraction of sp³-hybridized carbons (Fsp3) is 0.500. The van der Waals surface area contributed by atoms with Crippen LogP contribution in [-0.2, 0) is 17.2 Å². The lowest BCUT2D eigenvalue weighted by molar-refractivity contribution is -0.000627. The molecule has 2 atom stereocenters. The second-order valence-electron chi connectivity index (χ2n) is 11.4. The molecular formula is C28H36FN9O3S. The zero-order chi connectivity index (χ0) is 30.1. The van der Waals surface area contributed by atoms with E-state index in [1.54, 1.807) is 23.0 Å². The zero-order valence-electron chi connectivity index (χ0n) is 24.0. The summed E-state index contributed by atoms with van der Waals surface area (Å²) < 4.78 is 45.1. The molecular weight excluding hydrogens is 561 g/mol. The fourth-order valence-electron chi connectivity index (χ4n) is 5.94. The van der Waals surface area contributed by atoms with Crippen molar-refractivity contribution in [3.8, 4) is 6.07 Å². The number of nitrogens with zero attached hydrogens (tertiary/aromatic N) is 8. The van der Waals surface area contributed by atoms with Crippen LogP contribution in [-0.4, -0.2) is 99.5 Å². The number of nitrogens with one attached hydrogen (secondary N) is 1. The summed E-state index contributed by atoms with van der Waals surface area (Å²) >= 11 is 0. The maximum Gasteiger partial charge on any atom is 0.294 e. The maximum atomic E-state index is 13.9. The van der Waals surface area contributed by atoms with Crippen LogP contribution in [0.5, 0.6) is 0 Å². The summed E-state index contributed by atoms with van der Waals surface area (Å²) in [7, 11) is -2.16. The van der Waals surface area contributed by atoms with Crippen molar-refractivity contribution in [3.63, 3.8) is 0 Å². The Morgan fingerprint density at radius 1 is 1.17 bits per heavy atom. The highest BCUT2D eigenvalue weighted by Gasteiger charge is 2.51. The van der Waals surface area contributed by atoms with Crippen molar-refractivity contribution >= 4 is 27.6 Å². The smallest absolute Gasteiger partial charge is 0.294 e. The van der Waals surface area contributed by atoms with Crippen LogP contribution >= 0.6 is 0 Å². The Labute approximate surface area is 245 Å². The Kier molecular flexibility index (Phi) is 8.47. The van der Waals surface area contributed by atoms with E-state index in [4.69, 9.17) is 9.54 Å². The standard InChI is InChI=1S/C21H28FN9.C7H8O3S/c1-15-8-24-20(26-17-9-25-28(2)11-17)27-19(15)30-13-21(14-30,3-4-23)31-6-5-29-10-16(22)7-18(29)12-31;1-6-2-4-7(5-3-6)11(8,9)10/h8-9,11,16,18H,3,5-7,10,12-14H2,1-2H3,(H,24,26,27);2-5H,1H3,(H,8,9,10)/t16-,18+;/m1./s1. The van der Waals surface area contributed by atoms with E-state index in [0.717, 1.165) is 55.4 Å². The Morgan fingerprint density at radius 2 is 1.90 bits per heavy atom. The van der Waals surface area contributed by atoms with Crippen molar-refractivity contribution in [2.24, 2.45) is 7.05 Å². The van der Waals surface area contributed by atoms with Gasteiger partial charge in [-0.2, -0.15) is 23.8 Å². The van der Waals surface area contributed by atoms with Crippen LogP contribution < -0.4 is 10.2 Å². The number of hydrogen-bond acceptors (Lipinski definition) is 10. The normalized spacial score (nSPS) is 22.0. The number of aryl methyl sites for hydroxylation is 3. The Balaban J connectivity index is 0.000000271. The number of anilines is 3. The first-order valence-corrected chi connectivity index (χ1v) is 15.3. The minimum Gasteiger partial charge on any atom is -0.352 e. The summed E-state index contributed by atoms with van der Waals surface area (Å²) in [4.78, 5) is 16.0. The van der Waals surface area contributed by atoms with Crippen LogP contribution in [0.4, 0.5) is 21.8 Å². The summed E-state index contributed by atoms with van der Waals surface area (Å²) in [5.74, 6) is 1.42. The number of rotatable bonds is 6. The number of halogens is 1. The van der Waals surface area contributed by atoms with Gasteiger partial charge in [-0.15, -0.1) is 0 Å². The Bertz CT molecular complexity index is 1550. The van der Waals surface area contributed by atoms with E-state index in [2.05, 4.69) is 36.2 Å². The third kappa shape index (κ3) is 6.54. The van der Waals surface area contributed by atoms with Crippen molar-refractivity contribution < 1.29 is 17.4 Å². The van der Waals surface area contributed by atoms with Crippen LogP contribution in [0.3, 0.4) is 0 Å². The number of aromatic nitrogens is 4. The molecule has 3 aromatic rings. The summed E-state index contributed by atoms with van der Waals surface area (Å²) in [5.41, 5.74) is 2.60. The minimum absolute atomic E-state index is 0.0666. The number of piperazine rings is 1. The Hall–Kier alpha value is -3.64. The molecule has 0 radical (unpaired) electrons. The van der Waals surface area contributed by atoms with Gasteiger partial charge in [0, 0.05) is 70.3 Å². The summed E-state index contributed by atoms with van der Waals surface area (Å²) in [6.45, 7) is 8.50. The van der Waals surface area contributed by atoms with E-state index in [1.165, 1.54) is 12.1 Å². The van der Waals surface area contributed by atoms with Crippen molar-refractivity contribution in [1.82, 2.24) is 29.5 Å². The molecule has 6 rings (SSSR count). The second kappa shape index (κ2) is 11.9. The first kappa shape index (κ1) is 29.8. The van der Waals surface area contributed by atoms with Crippen LogP contribution in [0.15, 0.2) is 47.8 Å². The number of hydrogen-bond donors (Lipinski definition) is 2. The molecule has 3 saturated heterocycles. The average Bonchev–Trinajstić information content (AvgIpc) is 3.50. The molecule has 1 aromatic carbocycles. The zero-order valence-corrected chi connectivity index (χ0v) is 24.8. The van der Waals surface area contributed by atoms with Crippen LogP contribution in [0.1, 0.15) is 24.0 Å². The number of alkyl halides is 1. The molecule has 0 aliphatic carbocycles. The molecule has 0 unspecified atom stereocenters. The monoisotopic (exact) mass is 597 g/mol. The molecule has 2 aromatic heterocycles. The molecule has 224 valence electrons. The molecule has 3 aliphatic heterocycles. The average molecular weight is 598 g/mol. The molecule has 2 N–H and O–H groups in total. The van der Waals surface area contributed by atoms with E-state index >= 15 is 0 Å². The van der Waals surface area contributed by atoms with E-state index in [-0.39, 0.29) is 16.5 Å². The summed E-state index contributed by atoms with van der Waals surface area (Å²) in [6.07, 6.45) is 5.79. The highest BCUT2D eigenvalue weighted by Crippen LogP contribution is 2.38. The fourth-order valence-corrected chi connectivity index (χ4v) is 6.42. The first-order valence-electron chi connectivity index (χ1n) is 13.8. The molecule has 5 heterocycles. The molecule has 0 bridgehead atoms. The first-order chi connectivity index (χ1) is 20.0. The Morgan fingerprint density at radius 3 is 2.55 bits per heavy atom. The van der Waals surface area contributed by atoms with E-state index in [9.17, 15) is 18.1 Å². The van der Waals surface area contributed by atoms with Gasteiger partial charge in [0.05, 0.1) is 34.8 Å². The highest BCUT2D eigenvalue weighted by molar-refractivity contribution is 7.85. The van der Waals surface area contributed by atoms with E-state index < -0.39 is 16.3 Å². The maximum absolute atomic E-state index is 13.9. The van der Waals surface area contributed by atoms with E-state index in [0.29, 0.717) is 25.3 Å². The lowest BCUT2D eigenvalue weighted by Crippen LogP contribution is -2.73. The summed E-state index contributed by atoms with van der Waals surface area (Å²) in [5, 5.41) is 16.9. The molecule has 3 aliphatic rings. The van der Waals surface area contributed by atoms with Gasteiger partial charge >= 0.3 is 0 Å². The van der Waals surface area contributed by atoms with Gasteiger partial charge in [0.15, 0.2) is 0 Å². The minimum atomic E-state index is -4.02. The highest BCUT2D eigenvalue weighted by atomic mass is 32.2. The van der Waals surface area contributed by atoms with Gasteiger partial charge in [0.25, 0.3) is 10.1 Å².